The highest BCUT2D eigenvalue weighted by Gasteiger charge is 2.19. The molecular weight excluding hydrogens is 554 g/mol. The van der Waals surface area contributed by atoms with Gasteiger partial charge in [-0.15, -0.1) is 0 Å². The molecule has 0 spiro atoms. The number of halogens is 1. The summed E-state index contributed by atoms with van der Waals surface area (Å²) in [7, 11) is 2.89. The number of para-hydroxylation sites is 1. The van der Waals surface area contributed by atoms with Crippen LogP contribution in [0.3, 0.4) is 0 Å². The van der Waals surface area contributed by atoms with Gasteiger partial charge >= 0.3 is 5.97 Å². The van der Waals surface area contributed by atoms with Crippen molar-refractivity contribution in [3.8, 4) is 23.1 Å². The van der Waals surface area contributed by atoms with Crippen LogP contribution in [0, 0.1) is 0 Å². The summed E-state index contributed by atoms with van der Waals surface area (Å²) >= 11 is 3.46. The molecule has 5 rings (SSSR count). The van der Waals surface area contributed by atoms with Crippen LogP contribution in [0.15, 0.2) is 85.5 Å². The van der Waals surface area contributed by atoms with Gasteiger partial charge in [0, 0.05) is 0 Å². The van der Waals surface area contributed by atoms with Gasteiger partial charge in [0.2, 0.25) is 5.82 Å². The zero-order chi connectivity index (χ0) is 26.8. The Labute approximate surface area is 225 Å². The third kappa shape index (κ3) is 4.78. The van der Waals surface area contributed by atoms with Crippen LogP contribution >= 0.6 is 15.9 Å². The monoisotopic (exact) mass is 575 g/mol. The standard InChI is InChI=1S/C28H22BrN3O6/c1-16(28(34)36-3)37-24-12-11-17(13-20(24)29)15-30-32-26(31-21-8-5-4-7-18(21)27(32)33)25-14-19-22(35-2)9-6-10-23(19)38-25/h4-16H,1-3H3/t16-/m1/s1. The van der Waals surface area contributed by atoms with E-state index in [1.54, 1.807) is 56.5 Å². The van der Waals surface area contributed by atoms with Gasteiger partial charge in [-0.1, -0.05) is 18.2 Å². The van der Waals surface area contributed by atoms with Crippen molar-refractivity contribution in [3.63, 3.8) is 0 Å². The first-order valence-electron chi connectivity index (χ1n) is 11.6. The van der Waals surface area contributed by atoms with Gasteiger partial charge in [0.15, 0.2) is 11.9 Å². The normalized spacial score (nSPS) is 12.2. The highest BCUT2D eigenvalue weighted by atomic mass is 79.9. The summed E-state index contributed by atoms with van der Waals surface area (Å²) in [6.07, 6.45) is 0.756. The SMILES string of the molecule is COC(=O)[C@@H](C)Oc1ccc(C=Nn2c(-c3cc4c(OC)cccc4o3)nc3ccccc3c2=O)cc1Br. The number of aromatic nitrogens is 2. The van der Waals surface area contributed by atoms with Crippen LogP contribution in [0.2, 0.25) is 0 Å². The number of benzene rings is 3. The predicted octanol–water partition coefficient (Wildman–Crippen LogP) is 5.40. The highest BCUT2D eigenvalue weighted by Crippen LogP contribution is 2.33. The van der Waals surface area contributed by atoms with Gasteiger partial charge in [-0.3, -0.25) is 4.79 Å². The Kier molecular flexibility index (Phi) is 6.97. The first kappa shape index (κ1) is 25.2. The molecule has 38 heavy (non-hydrogen) atoms. The number of carbonyl (C=O) groups is 1. The van der Waals surface area contributed by atoms with Gasteiger partial charge in [0.1, 0.15) is 17.1 Å². The van der Waals surface area contributed by atoms with Crippen LogP contribution < -0.4 is 15.0 Å². The molecule has 0 saturated carbocycles. The zero-order valence-electron chi connectivity index (χ0n) is 20.7. The fourth-order valence-electron chi connectivity index (χ4n) is 3.93. The summed E-state index contributed by atoms with van der Waals surface area (Å²) in [4.78, 5) is 29.9. The van der Waals surface area contributed by atoms with Gasteiger partial charge in [-0.25, -0.2) is 9.78 Å². The van der Waals surface area contributed by atoms with E-state index in [-0.39, 0.29) is 11.4 Å². The lowest BCUT2D eigenvalue weighted by molar-refractivity contribution is -0.147. The van der Waals surface area contributed by atoms with Crippen molar-refractivity contribution in [1.29, 1.82) is 0 Å². The van der Waals surface area contributed by atoms with E-state index in [4.69, 9.17) is 23.6 Å². The van der Waals surface area contributed by atoms with E-state index >= 15 is 0 Å². The molecule has 0 aliphatic heterocycles. The number of hydrogen-bond acceptors (Lipinski definition) is 8. The molecule has 2 heterocycles. The molecule has 9 nitrogen and oxygen atoms in total. The Bertz CT molecular complexity index is 1760. The number of carbonyl (C=O) groups excluding carboxylic acids is 1. The first-order chi connectivity index (χ1) is 18.4. The molecule has 0 fully saturated rings. The van der Waals surface area contributed by atoms with Crippen molar-refractivity contribution in [2.24, 2.45) is 5.10 Å². The first-order valence-corrected chi connectivity index (χ1v) is 12.4. The molecule has 0 aliphatic rings. The van der Waals surface area contributed by atoms with Gasteiger partial charge in [0.25, 0.3) is 5.56 Å². The maximum absolute atomic E-state index is 13.5. The second-order valence-electron chi connectivity index (χ2n) is 8.27. The number of fused-ring (bicyclic) bond motifs is 2. The minimum absolute atomic E-state index is 0.245. The second-order valence-corrected chi connectivity index (χ2v) is 9.12. The summed E-state index contributed by atoms with van der Waals surface area (Å²) in [5, 5.41) is 5.65. The van der Waals surface area contributed by atoms with Crippen LogP contribution in [0.1, 0.15) is 12.5 Å². The largest absolute Gasteiger partial charge is 0.496 e. The van der Waals surface area contributed by atoms with Crippen molar-refractivity contribution in [2.45, 2.75) is 13.0 Å². The highest BCUT2D eigenvalue weighted by molar-refractivity contribution is 9.10. The van der Waals surface area contributed by atoms with E-state index in [0.29, 0.717) is 43.8 Å². The topological polar surface area (TPSA) is 105 Å². The van der Waals surface area contributed by atoms with Gasteiger partial charge in [0.05, 0.1) is 41.2 Å². The average Bonchev–Trinajstić information content (AvgIpc) is 3.37. The Morgan fingerprint density at radius 2 is 1.87 bits per heavy atom. The van der Waals surface area contributed by atoms with E-state index in [1.165, 1.54) is 18.0 Å². The fraction of sp³-hybridized carbons (Fsp3) is 0.143. The van der Waals surface area contributed by atoms with Gasteiger partial charge < -0.3 is 18.6 Å². The molecule has 192 valence electrons. The molecule has 10 heteroatoms. The third-order valence-electron chi connectivity index (χ3n) is 5.83. The minimum Gasteiger partial charge on any atom is -0.496 e. The maximum atomic E-state index is 13.5. The Morgan fingerprint density at radius 1 is 1.05 bits per heavy atom. The summed E-state index contributed by atoms with van der Waals surface area (Å²) < 4.78 is 23.7. The predicted molar refractivity (Wildman–Crippen MR) is 147 cm³/mol. The van der Waals surface area contributed by atoms with Gasteiger partial charge in [-0.05, 0) is 76.9 Å². The van der Waals surface area contributed by atoms with Crippen molar-refractivity contribution in [1.82, 2.24) is 9.66 Å². The molecule has 1 atom stereocenters. The molecular formula is C28H22BrN3O6. The molecule has 0 radical (unpaired) electrons. The smallest absolute Gasteiger partial charge is 0.346 e. The molecule has 5 aromatic rings. The summed E-state index contributed by atoms with van der Waals surface area (Å²) in [6.45, 7) is 1.60. The lowest BCUT2D eigenvalue weighted by Gasteiger charge is -2.14. The number of esters is 1. The van der Waals surface area contributed by atoms with Crippen molar-refractivity contribution < 1.29 is 23.4 Å². The van der Waals surface area contributed by atoms with E-state index in [9.17, 15) is 9.59 Å². The molecule has 3 aromatic carbocycles. The van der Waals surface area contributed by atoms with E-state index < -0.39 is 12.1 Å². The molecule has 0 saturated heterocycles. The Morgan fingerprint density at radius 3 is 2.63 bits per heavy atom. The van der Waals surface area contributed by atoms with Crippen LogP contribution in [-0.2, 0) is 9.53 Å². The van der Waals surface area contributed by atoms with E-state index in [2.05, 4.69) is 21.0 Å². The molecule has 0 bridgehead atoms. The number of hydrogen-bond donors (Lipinski definition) is 0. The van der Waals surface area contributed by atoms with Crippen molar-refractivity contribution in [2.75, 3.05) is 14.2 Å². The Hall–Kier alpha value is -4.44. The molecule has 0 N–H and O–H groups in total. The Balaban J connectivity index is 1.58. The van der Waals surface area contributed by atoms with Crippen molar-refractivity contribution >= 4 is 50.0 Å². The number of furan rings is 1. The second kappa shape index (κ2) is 10.5. The van der Waals surface area contributed by atoms with Gasteiger partial charge in [-0.2, -0.15) is 9.78 Å². The minimum atomic E-state index is -0.775. The molecule has 0 aliphatic carbocycles. The lowest BCUT2D eigenvalue weighted by atomic mass is 10.2. The van der Waals surface area contributed by atoms with E-state index in [1.807, 2.05) is 24.3 Å². The quantitative estimate of drug-likeness (QED) is 0.189. The average molecular weight is 576 g/mol. The summed E-state index contributed by atoms with van der Waals surface area (Å²) in [6, 6.07) is 19.5. The lowest BCUT2D eigenvalue weighted by Crippen LogP contribution is -2.25. The zero-order valence-corrected chi connectivity index (χ0v) is 22.3. The number of nitrogens with zero attached hydrogens (tertiary/aromatic N) is 3. The third-order valence-corrected chi connectivity index (χ3v) is 6.45. The summed E-state index contributed by atoms with van der Waals surface area (Å²) in [5.74, 6) is 1.23. The van der Waals surface area contributed by atoms with Crippen LogP contribution in [0.25, 0.3) is 33.5 Å². The number of methoxy groups -OCH3 is 2. The fourth-order valence-corrected chi connectivity index (χ4v) is 4.42. The number of ether oxygens (including phenoxy) is 3. The molecule has 0 unspecified atom stereocenters. The maximum Gasteiger partial charge on any atom is 0.346 e. The molecule has 2 aromatic heterocycles. The van der Waals surface area contributed by atoms with Crippen LogP contribution in [-0.4, -0.2) is 42.2 Å². The van der Waals surface area contributed by atoms with Crippen molar-refractivity contribution in [3.05, 3.63) is 87.1 Å². The van der Waals surface area contributed by atoms with Crippen LogP contribution in [0.5, 0.6) is 11.5 Å². The summed E-state index contributed by atoms with van der Waals surface area (Å²) in [5.41, 5.74) is 1.45. The molecule has 0 amide bonds. The van der Waals surface area contributed by atoms with Crippen LogP contribution in [0.4, 0.5) is 0 Å². The number of rotatable bonds is 7. The van der Waals surface area contributed by atoms with E-state index in [0.717, 1.165) is 5.39 Å².